The highest BCUT2D eigenvalue weighted by molar-refractivity contribution is 5.85. The van der Waals surface area contributed by atoms with Gasteiger partial charge in [-0.05, 0) is 6.07 Å². The number of anilines is 1. The lowest BCUT2D eigenvalue weighted by molar-refractivity contribution is -0.384. The van der Waals surface area contributed by atoms with Crippen LogP contribution in [0.25, 0.3) is 0 Å². The summed E-state index contributed by atoms with van der Waals surface area (Å²) < 4.78 is 0. The van der Waals surface area contributed by atoms with Crippen molar-refractivity contribution in [3.05, 3.63) is 46.5 Å². The molecule has 1 aliphatic heterocycles. The number of non-ortho nitro benzene ring substituents is 1. The Kier molecular flexibility index (Phi) is 6.11. The zero-order valence-electron chi connectivity index (χ0n) is 9.61. The maximum absolute atomic E-state index is 10.6. The lowest BCUT2D eigenvalue weighted by Crippen LogP contribution is -2.24. The van der Waals surface area contributed by atoms with Gasteiger partial charge in [-0.1, -0.05) is 6.08 Å². The summed E-state index contributed by atoms with van der Waals surface area (Å²) in [5, 5.41) is 10.6. The number of benzene rings is 1. The standard InChI is InChI=1S/C11H13N3O2.2ClH/c1-2-5-13-7-10(12)9-6-8(14(15)16)3-4-11(9)13;;/h2-4,6,10H,1,5,7,12H2;2*1H. The van der Waals surface area contributed by atoms with E-state index in [1.807, 2.05) is 0 Å². The van der Waals surface area contributed by atoms with Gasteiger partial charge in [0.25, 0.3) is 5.69 Å². The first-order chi connectivity index (χ1) is 7.63. The third kappa shape index (κ3) is 2.93. The first kappa shape index (κ1) is 16.7. The van der Waals surface area contributed by atoms with Crippen LogP contribution in [-0.4, -0.2) is 18.0 Å². The molecule has 1 aromatic rings. The Morgan fingerprint density at radius 2 is 2.22 bits per heavy atom. The van der Waals surface area contributed by atoms with Gasteiger partial charge in [-0.3, -0.25) is 10.1 Å². The molecule has 100 valence electrons. The van der Waals surface area contributed by atoms with Gasteiger partial charge in [-0.15, -0.1) is 31.4 Å². The molecule has 1 aromatic carbocycles. The zero-order valence-corrected chi connectivity index (χ0v) is 11.2. The predicted molar refractivity (Wildman–Crippen MR) is 76.9 cm³/mol. The average Bonchev–Trinajstić information content (AvgIpc) is 2.56. The molecular weight excluding hydrogens is 277 g/mol. The molecule has 0 aliphatic carbocycles. The van der Waals surface area contributed by atoms with Crippen LogP contribution in [0.2, 0.25) is 0 Å². The lowest BCUT2D eigenvalue weighted by atomic mass is 10.1. The van der Waals surface area contributed by atoms with Crippen LogP contribution in [0.15, 0.2) is 30.9 Å². The molecule has 0 spiro atoms. The van der Waals surface area contributed by atoms with E-state index in [2.05, 4.69) is 11.5 Å². The van der Waals surface area contributed by atoms with Gasteiger partial charge in [0.05, 0.1) is 4.92 Å². The third-order valence-electron chi connectivity index (χ3n) is 2.73. The smallest absolute Gasteiger partial charge is 0.269 e. The van der Waals surface area contributed by atoms with Gasteiger partial charge in [0, 0.05) is 42.5 Å². The summed E-state index contributed by atoms with van der Waals surface area (Å²) in [6, 6.07) is 4.66. The largest absolute Gasteiger partial charge is 0.366 e. The summed E-state index contributed by atoms with van der Waals surface area (Å²) in [7, 11) is 0. The monoisotopic (exact) mass is 291 g/mol. The minimum absolute atomic E-state index is 0. The Bertz CT molecular complexity index is 454. The molecular formula is C11H15Cl2N3O2. The Balaban J connectivity index is 0.00000144. The Morgan fingerprint density at radius 3 is 2.78 bits per heavy atom. The van der Waals surface area contributed by atoms with Crippen LogP contribution in [0.1, 0.15) is 11.6 Å². The van der Waals surface area contributed by atoms with Crippen molar-refractivity contribution >= 4 is 36.2 Å². The summed E-state index contributed by atoms with van der Waals surface area (Å²) in [5.74, 6) is 0. The number of rotatable bonds is 3. The Labute approximate surface area is 118 Å². The van der Waals surface area contributed by atoms with E-state index >= 15 is 0 Å². The zero-order chi connectivity index (χ0) is 11.7. The highest BCUT2D eigenvalue weighted by Gasteiger charge is 2.26. The summed E-state index contributed by atoms with van der Waals surface area (Å²) in [5.41, 5.74) is 7.84. The molecule has 2 rings (SSSR count). The van der Waals surface area contributed by atoms with Gasteiger partial charge in [0.2, 0.25) is 0 Å². The molecule has 0 aromatic heterocycles. The number of nitro benzene ring substituents is 1. The predicted octanol–water partition coefficient (Wildman–Crippen LogP) is 2.44. The van der Waals surface area contributed by atoms with Gasteiger partial charge < -0.3 is 10.6 Å². The molecule has 7 heteroatoms. The maximum atomic E-state index is 10.6. The summed E-state index contributed by atoms with van der Waals surface area (Å²) in [4.78, 5) is 12.3. The number of halogens is 2. The molecule has 0 bridgehead atoms. The molecule has 0 fully saturated rings. The van der Waals surface area contributed by atoms with Gasteiger partial charge in [-0.2, -0.15) is 0 Å². The summed E-state index contributed by atoms with van der Waals surface area (Å²) in [6.07, 6.45) is 1.79. The molecule has 5 nitrogen and oxygen atoms in total. The van der Waals surface area contributed by atoms with Gasteiger partial charge in [0.15, 0.2) is 0 Å². The Hall–Kier alpha value is -1.30. The van der Waals surface area contributed by atoms with Crippen molar-refractivity contribution in [1.29, 1.82) is 0 Å². The van der Waals surface area contributed by atoms with Crippen LogP contribution in [0.3, 0.4) is 0 Å². The SMILES string of the molecule is C=CCN1CC(N)c2cc([N+](=O)[O-])ccc21.Cl.Cl. The van der Waals surface area contributed by atoms with Crippen LogP contribution >= 0.6 is 24.8 Å². The quantitative estimate of drug-likeness (QED) is 0.527. The van der Waals surface area contributed by atoms with Crippen LogP contribution in [0.5, 0.6) is 0 Å². The number of nitrogens with zero attached hydrogens (tertiary/aromatic N) is 2. The van der Waals surface area contributed by atoms with E-state index in [0.717, 1.165) is 11.3 Å². The fraction of sp³-hybridized carbons (Fsp3) is 0.273. The van der Waals surface area contributed by atoms with E-state index in [1.165, 1.54) is 6.07 Å². The summed E-state index contributed by atoms with van der Waals surface area (Å²) >= 11 is 0. The van der Waals surface area contributed by atoms with Crippen molar-refractivity contribution in [3.63, 3.8) is 0 Å². The van der Waals surface area contributed by atoms with Crippen molar-refractivity contribution in [1.82, 2.24) is 0 Å². The van der Waals surface area contributed by atoms with Crippen LogP contribution < -0.4 is 10.6 Å². The molecule has 2 N–H and O–H groups in total. The van der Waals surface area contributed by atoms with Crippen molar-refractivity contribution in [2.75, 3.05) is 18.0 Å². The van der Waals surface area contributed by atoms with E-state index < -0.39 is 4.92 Å². The third-order valence-corrected chi connectivity index (χ3v) is 2.73. The van der Waals surface area contributed by atoms with Crippen molar-refractivity contribution in [2.45, 2.75) is 6.04 Å². The van der Waals surface area contributed by atoms with Gasteiger partial charge >= 0.3 is 0 Å². The molecule has 18 heavy (non-hydrogen) atoms. The topological polar surface area (TPSA) is 72.4 Å². The molecule has 1 heterocycles. The number of hydrogen-bond donors (Lipinski definition) is 1. The minimum Gasteiger partial charge on any atom is -0.366 e. The molecule has 0 saturated heterocycles. The Morgan fingerprint density at radius 1 is 1.56 bits per heavy atom. The normalized spacial score (nSPS) is 16.3. The number of nitro groups is 1. The fourth-order valence-corrected chi connectivity index (χ4v) is 2.00. The number of nitrogens with two attached hydrogens (primary N) is 1. The molecule has 0 radical (unpaired) electrons. The average molecular weight is 292 g/mol. The van der Waals surface area contributed by atoms with E-state index in [4.69, 9.17) is 5.73 Å². The molecule has 1 aliphatic rings. The highest BCUT2D eigenvalue weighted by Crippen LogP contribution is 2.35. The van der Waals surface area contributed by atoms with Crippen LogP contribution in [-0.2, 0) is 0 Å². The fourth-order valence-electron chi connectivity index (χ4n) is 2.00. The second-order valence-electron chi connectivity index (χ2n) is 3.80. The first-order valence-electron chi connectivity index (χ1n) is 5.03. The second kappa shape index (κ2) is 6.58. The van der Waals surface area contributed by atoms with Crippen LogP contribution in [0, 0.1) is 10.1 Å². The maximum Gasteiger partial charge on any atom is 0.269 e. The highest BCUT2D eigenvalue weighted by atomic mass is 35.5. The number of fused-ring (bicyclic) bond motifs is 1. The van der Waals surface area contributed by atoms with E-state index in [0.29, 0.717) is 13.1 Å². The molecule has 0 saturated carbocycles. The lowest BCUT2D eigenvalue weighted by Gasteiger charge is -2.16. The van der Waals surface area contributed by atoms with Crippen molar-refractivity contribution in [2.24, 2.45) is 5.73 Å². The van der Waals surface area contributed by atoms with Crippen LogP contribution in [0.4, 0.5) is 11.4 Å². The first-order valence-corrected chi connectivity index (χ1v) is 5.03. The summed E-state index contributed by atoms with van der Waals surface area (Å²) in [6.45, 7) is 5.07. The molecule has 1 atom stereocenters. The van der Waals surface area contributed by atoms with Crippen molar-refractivity contribution < 1.29 is 4.92 Å². The molecule has 0 amide bonds. The van der Waals surface area contributed by atoms with Gasteiger partial charge in [-0.25, -0.2) is 0 Å². The molecule has 1 unspecified atom stereocenters. The van der Waals surface area contributed by atoms with Crippen molar-refractivity contribution in [3.8, 4) is 0 Å². The van der Waals surface area contributed by atoms with Gasteiger partial charge in [0.1, 0.15) is 0 Å². The second-order valence-corrected chi connectivity index (χ2v) is 3.80. The van der Waals surface area contributed by atoms with E-state index in [9.17, 15) is 10.1 Å². The van der Waals surface area contributed by atoms with E-state index in [1.54, 1.807) is 18.2 Å². The minimum atomic E-state index is -0.400. The van der Waals surface area contributed by atoms with E-state index in [-0.39, 0.29) is 36.5 Å². The number of hydrogen-bond acceptors (Lipinski definition) is 4.